The molecule has 0 radical (unpaired) electrons. The van der Waals surface area contributed by atoms with Gasteiger partial charge < -0.3 is 10.6 Å². The molecule has 1 atom stereocenters. The fourth-order valence-corrected chi connectivity index (χ4v) is 2.15. The molecule has 17 heavy (non-hydrogen) atoms. The number of hydrogen-bond donors (Lipinski definition) is 2. The molecular formula is C13H18FN3. The Kier molecular flexibility index (Phi) is 3.05. The smallest absolute Gasteiger partial charge is 0.125 e. The van der Waals surface area contributed by atoms with Crippen molar-refractivity contribution in [2.75, 3.05) is 11.9 Å². The summed E-state index contributed by atoms with van der Waals surface area (Å²) in [6.45, 7) is 2.16. The van der Waals surface area contributed by atoms with Crippen LogP contribution < -0.4 is 10.6 Å². The summed E-state index contributed by atoms with van der Waals surface area (Å²) in [5, 5.41) is 7.51. The van der Waals surface area contributed by atoms with Crippen LogP contribution in [0.15, 0.2) is 18.2 Å². The van der Waals surface area contributed by atoms with Crippen molar-refractivity contribution >= 4 is 11.5 Å². The zero-order chi connectivity index (χ0) is 12.6. The first-order chi connectivity index (χ1) is 8.00. The lowest BCUT2D eigenvalue weighted by atomic mass is 10.1. The van der Waals surface area contributed by atoms with E-state index in [0.717, 1.165) is 5.69 Å². The van der Waals surface area contributed by atoms with Crippen LogP contribution in [0.1, 0.15) is 25.3 Å². The summed E-state index contributed by atoms with van der Waals surface area (Å²) < 4.78 is 13.2. The maximum Gasteiger partial charge on any atom is 0.125 e. The number of nitrogens with two attached hydrogens (primary N) is 1. The molecule has 4 heteroatoms. The SMILES string of the molecule is CC(C1CC1)N(C)c1ccc(F)cc1C(=N)N. The van der Waals surface area contributed by atoms with Gasteiger partial charge in [-0.1, -0.05) is 0 Å². The van der Waals surface area contributed by atoms with Gasteiger partial charge in [-0.3, -0.25) is 5.41 Å². The molecule has 1 saturated carbocycles. The fraction of sp³-hybridized carbons (Fsp3) is 0.462. The lowest BCUT2D eigenvalue weighted by Gasteiger charge is -2.28. The highest BCUT2D eigenvalue weighted by Crippen LogP contribution is 2.37. The molecule has 0 aromatic heterocycles. The fourth-order valence-electron chi connectivity index (χ4n) is 2.15. The van der Waals surface area contributed by atoms with Crippen molar-refractivity contribution in [3.63, 3.8) is 0 Å². The average molecular weight is 235 g/mol. The largest absolute Gasteiger partial charge is 0.384 e. The van der Waals surface area contributed by atoms with Crippen molar-refractivity contribution in [2.45, 2.75) is 25.8 Å². The van der Waals surface area contributed by atoms with Gasteiger partial charge in [-0.15, -0.1) is 0 Å². The Balaban J connectivity index is 2.32. The minimum atomic E-state index is -0.355. The quantitative estimate of drug-likeness (QED) is 0.621. The Bertz CT molecular complexity index is 440. The molecule has 3 N–H and O–H groups in total. The zero-order valence-corrected chi connectivity index (χ0v) is 10.2. The Morgan fingerprint density at radius 1 is 1.53 bits per heavy atom. The topological polar surface area (TPSA) is 53.1 Å². The minimum absolute atomic E-state index is 0.0886. The predicted molar refractivity (Wildman–Crippen MR) is 68.0 cm³/mol. The molecule has 2 rings (SSSR count). The van der Waals surface area contributed by atoms with Crippen molar-refractivity contribution in [3.05, 3.63) is 29.6 Å². The molecule has 1 aliphatic rings. The normalized spacial score (nSPS) is 16.6. The van der Waals surface area contributed by atoms with Gasteiger partial charge in [0.2, 0.25) is 0 Å². The first-order valence-electron chi connectivity index (χ1n) is 5.87. The van der Waals surface area contributed by atoms with Crippen LogP contribution >= 0.6 is 0 Å². The van der Waals surface area contributed by atoms with Crippen LogP contribution in [0.4, 0.5) is 10.1 Å². The van der Waals surface area contributed by atoms with E-state index in [0.29, 0.717) is 17.5 Å². The van der Waals surface area contributed by atoms with Gasteiger partial charge in [0.1, 0.15) is 11.7 Å². The summed E-state index contributed by atoms with van der Waals surface area (Å²) >= 11 is 0. The molecule has 1 unspecified atom stereocenters. The van der Waals surface area contributed by atoms with Gasteiger partial charge in [-0.05, 0) is 43.9 Å². The van der Waals surface area contributed by atoms with E-state index < -0.39 is 0 Å². The standard InChI is InChI=1S/C13H18FN3/c1-8(9-3-4-9)17(2)12-6-5-10(14)7-11(12)13(15)16/h5-9H,3-4H2,1-2H3,(H3,15,16). The third-order valence-electron chi connectivity index (χ3n) is 3.54. The first kappa shape index (κ1) is 11.9. The van der Waals surface area contributed by atoms with Crippen molar-refractivity contribution in [1.82, 2.24) is 0 Å². The number of rotatable bonds is 4. The van der Waals surface area contributed by atoms with E-state index in [2.05, 4.69) is 11.8 Å². The van der Waals surface area contributed by atoms with E-state index in [9.17, 15) is 4.39 Å². The summed E-state index contributed by atoms with van der Waals surface area (Å²) in [7, 11) is 1.97. The van der Waals surface area contributed by atoms with E-state index >= 15 is 0 Å². The van der Waals surface area contributed by atoms with Crippen molar-refractivity contribution < 1.29 is 4.39 Å². The van der Waals surface area contributed by atoms with Gasteiger partial charge in [-0.25, -0.2) is 4.39 Å². The number of halogens is 1. The number of amidine groups is 1. The molecule has 0 saturated heterocycles. The van der Waals surface area contributed by atoms with E-state index in [1.807, 2.05) is 7.05 Å². The molecule has 3 nitrogen and oxygen atoms in total. The first-order valence-corrected chi connectivity index (χ1v) is 5.87. The minimum Gasteiger partial charge on any atom is -0.384 e. The van der Waals surface area contributed by atoms with Crippen LogP contribution in [0, 0.1) is 17.1 Å². The van der Waals surface area contributed by atoms with E-state index in [1.165, 1.54) is 25.0 Å². The van der Waals surface area contributed by atoms with Crippen LogP contribution in [0.5, 0.6) is 0 Å². The molecule has 0 amide bonds. The van der Waals surface area contributed by atoms with Crippen molar-refractivity contribution in [1.29, 1.82) is 5.41 Å². The van der Waals surface area contributed by atoms with Gasteiger partial charge in [-0.2, -0.15) is 0 Å². The molecule has 0 aliphatic heterocycles. The summed E-state index contributed by atoms with van der Waals surface area (Å²) in [5.74, 6) is 0.269. The average Bonchev–Trinajstić information content (AvgIpc) is 3.10. The number of nitrogens with one attached hydrogen (secondary N) is 1. The third kappa shape index (κ3) is 2.40. The highest BCUT2D eigenvalue weighted by molar-refractivity contribution is 6.00. The van der Waals surface area contributed by atoms with Crippen LogP contribution in [0.3, 0.4) is 0 Å². The highest BCUT2D eigenvalue weighted by atomic mass is 19.1. The van der Waals surface area contributed by atoms with E-state index in [4.69, 9.17) is 11.1 Å². The lowest BCUT2D eigenvalue weighted by molar-refractivity contribution is 0.605. The zero-order valence-electron chi connectivity index (χ0n) is 10.2. The number of benzene rings is 1. The van der Waals surface area contributed by atoms with Crippen LogP contribution in [0.25, 0.3) is 0 Å². The molecule has 1 aromatic carbocycles. The van der Waals surface area contributed by atoms with Crippen LogP contribution in [-0.4, -0.2) is 18.9 Å². The lowest BCUT2D eigenvalue weighted by Crippen LogP contribution is -2.32. The second-order valence-corrected chi connectivity index (χ2v) is 4.76. The summed E-state index contributed by atoms with van der Waals surface area (Å²) in [5.41, 5.74) is 6.81. The van der Waals surface area contributed by atoms with Gasteiger partial charge in [0, 0.05) is 24.3 Å². The number of nitrogen functional groups attached to an aromatic ring is 1. The maximum absolute atomic E-state index is 13.2. The van der Waals surface area contributed by atoms with E-state index in [-0.39, 0.29) is 11.7 Å². The molecule has 0 heterocycles. The van der Waals surface area contributed by atoms with Gasteiger partial charge in [0.15, 0.2) is 0 Å². The molecule has 0 bridgehead atoms. The summed E-state index contributed by atoms with van der Waals surface area (Å²) in [6.07, 6.45) is 2.50. The second-order valence-electron chi connectivity index (χ2n) is 4.76. The van der Waals surface area contributed by atoms with Gasteiger partial charge in [0.05, 0.1) is 0 Å². The third-order valence-corrected chi connectivity index (χ3v) is 3.54. The van der Waals surface area contributed by atoms with Gasteiger partial charge in [0.25, 0.3) is 0 Å². The number of nitrogens with zero attached hydrogens (tertiary/aromatic N) is 1. The van der Waals surface area contributed by atoms with E-state index in [1.54, 1.807) is 6.07 Å². The Hall–Kier alpha value is -1.58. The highest BCUT2D eigenvalue weighted by Gasteiger charge is 2.31. The van der Waals surface area contributed by atoms with Crippen LogP contribution in [-0.2, 0) is 0 Å². The Morgan fingerprint density at radius 2 is 2.18 bits per heavy atom. The predicted octanol–water partition coefficient (Wildman–Crippen LogP) is 2.34. The van der Waals surface area contributed by atoms with Crippen LogP contribution in [0.2, 0.25) is 0 Å². The summed E-state index contributed by atoms with van der Waals surface area (Å²) in [4.78, 5) is 2.09. The van der Waals surface area contributed by atoms with Gasteiger partial charge >= 0.3 is 0 Å². The maximum atomic E-state index is 13.2. The summed E-state index contributed by atoms with van der Waals surface area (Å²) in [6, 6.07) is 4.84. The Labute approximate surface area is 101 Å². The monoisotopic (exact) mass is 235 g/mol. The second kappa shape index (κ2) is 4.35. The van der Waals surface area contributed by atoms with Crippen molar-refractivity contribution in [2.24, 2.45) is 11.7 Å². The number of hydrogen-bond acceptors (Lipinski definition) is 2. The number of anilines is 1. The molecule has 0 spiro atoms. The Morgan fingerprint density at radius 3 is 2.71 bits per heavy atom. The molecule has 92 valence electrons. The van der Waals surface area contributed by atoms with Crippen molar-refractivity contribution in [3.8, 4) is 0 Å². The molecular weight excluding hydrogens is 217 g/mol. The molecule has 1 aliphatic carbocycles. The molecule has 1 fully saturated rings. The molecule has 1 aromatic rings.